The predicted octanol–water partition coefficient (Wildman–Crippen LogP) is 4.96. The van der Waals surface area contributed by atoms with Gasteiger partial charge in [0.05, 0.1) is 39.9 Å². The molecule has 0 radical (unpaired) electrons. The third-order valence-electron chi connectivity index (χ3n) is 6.14. The van der Waals surface area contributed by atoms with Gasteiger partial charge in [-0.3, -0.25) is 4.79 Å². The quantitative estimate of drug-likeness (QED) is 0.549. The Balaban J connectivity index is 1.56. The fraction of sp³-hybridized carbons (Fsp3) is 0.391. The molecule has 33 heavy (non-hydrogen) atoms. The minimum absolute atomic E-state index is 0.0215. The third kappa shape index (κ3) is 5.31. The van der Waals surface area contributed by atoms with E-state index in [1.165, 1.54) is 18.2 Å². The molecule has 0 heterocycles. The molecular weight excluding hydrogens is 507 g/mol. The normalized spacial score (nSPS) is 23.6. The number of nitriles is 1. The van der Waals surface area contributed by atoms with Gasteiger partial charge >= 0.3 is 0 Å². The molecule has 2 aliphatic rings. The van der Waals surface area contributed by atoms with Crippen molar-refractivity contribution in [2.24, 2.45) is 5.92 Å². The fourth-order valence-electron chi connectivity index (χ4n) is 4.06. The first-order chi connectivity index (χ1) is 15.6. The molecule has 174 valence electrons. The molecule has 0 bridgehead atoms. The fourth-order valence-corrected chi connectivity index (χ4v) is 6.76. The van der Waals surface area contributed by atoms with E-state index in [4.69, 9.17) is 39.5 Å². The summed E-state index contributed by atoms with van der Waals surface area (Å²) in [6, 6.07) is 13.5. The second kappa shape index (κ2) is 9.44. The van der Waals surface area contributed by atoms with Gasteiger partial charge in [0, 0.05) is 10.0 Å². The molecule has 3 atom stereocenters. The summed E-state index contributed by atoms with van der Waals surface area (Å²) in [4.78, 5) is 13.0. The van der Waals surface area contributed by atoms with E-state index in [0.29, 0.717) is 22.9 Å². The number of benzene rings is 2. The molecule has 2 saturated carbocycles. The van der Waals surface area contributed by atoms with Crippen LogP contribution in [0.2, 0.25) is 15.1 Å². The number of sulfone groups is 1. The topological polar surface area (TPSA) is 96.3 Å². The number of amides is 1. The van der Waals surface area contributed by atoms with E-state index in [0.717, 1.165) is 5.56 Å². The molecule has 2 fully saturated rings. The standard InChI is InChI=1S/C23H21Cl3N2O4S/c24-15-3-1-14(2-4-15)12-32-20-11-17(10-18(20)22(29)28-23(13-27)7-8-23)33(30,31)21-6-5-16(25)9-19(21)26/h1-6,9,17-18,20H,7-8,10-12H2,(H,28,29)/t17-,18-,20?/m1/s1. The zero-order valence-electron chi connectivity index (χ0n) is 17.4. The van der Waals surface area contributed by atoms with Crippen LogP contribution in [-0.2, 0) is 26.0 Å². The van der Waals surface area contributed by atoms with Crippen molar-refractivity contribution < 1.29 is 17.9 Å². The van der Waals surface area contributed by atoms with Crippen molar-refractivity contribution in [3.63, 3.8) is 0 Å². The van der Waals surface area contributed by atoms with Crippen molar-refractivity contribution in [1.82, 2.24) is 5.32 Å². The maximum absolute atomic E-state index is 13.4. The van der Waals surface area contributed by atoms with Crippen LogP contribution in [0, 0.1) is 17.2 Å². The van der Waals surface area contributed by atoms with Gasteiger partial charge in [0.1, 0.15) is 5.54 Å². The number of halogens is 3. The average Bonchev–Trinajstić information content (AvgIpc) is 3.40. The first-order valence-corrected chi connectivity index (χ1v) is 13.1. The van der Waals surface area contributed by atoms with Gasteiger partial charge in [-0.25, -0.2) is 8.42 Å². The first kappa shape index (κ1) is 24.3. The lowest BCUT2D eigenvalue weighted by atomic mass is 10.0. The predicted molar refractivity (Wildman–Crippen MR) is 126 cm³/mol. The van der Waals surface area contributed by atoms with Crippen molar-refractivity contribution >= 4 is 50.5 Å². The molecule has 2 aliphatic carbocycles. The highest BCUT2D eigenvalue weighted by Crippen LogP contribution is 2.40. The summed E-state index contributed by atoms with van der Waals surface area (Å²) in [7, 11) is -3.84. The molecular formula is C23H21Cl3N2O4S. The van der Waals surface area contributed by atoms with Crippen LogP contribution in [0.5, 0.6) is 0 Å². The number of hydrogen-bond donors (Lipinski definition) is 1. The number of carbonyl (C=O) groups is 1. The molecule has 4 rings (SSSR count). The molecule has 1 N–H and O–H groups in total. The molecule has 1 unspecified atom stereocenters. The lowest BCUT2D eigenvalue weighted by Crippen LogP contribution is -2.42. The molecule has 0 saturated heterocycles. The molecule has 1 amide bonds. The van der Waals surface area contributed by atoms with E-state index in [2.05, 4.69) is 11.4 Å². The number of ether oxygens (including phenoxy) is 1. The smallest absolute Gasteiger partial charge is 0.227 e. The van der Waals surface area contributed by atoms with Gasteiger partial charge in [-0.2, -0.15) is 5.26 Å². The van der Waals surface area contributed by atoms with Gasteiger partial charge in [-0.15, -0.1) is 0 Å². The van der Waals surface area contributed by atoms with Crippen LogP contribution >= 0.6 is 34.8 Å². The summed E-state index contributed by atoms with van der Waals surface area (Å²) in [6.45, 7) is 0.198. The van der Waals surface area contributed by atoms with Gasteiger partial charge in [-0.1, -0.05) is 46.9 Å². The molecule has 0 aliphatic heterocycles. The van der Waals surface area contributed by atoms with Crippen LogP contribution in [0.3, 0.4) is 0 Å². The zero-order chi connectivity index (χ0) is 23.8. The number of rotatable bonds is 7. The highest BCUT2D eigenvalue weighted by molar-refractivity contribution is 7.92. The van der Waals surface area contributed by atoms with Gasteiger partial charge in [0.15, 0.2) is 9.84 Å². The average molecular weight is 528 g/mol. The highest BCUT2D eigenvalue weighted by atomic mass is 35.5. The van der Waals surface area contributed by atoms with Crippen LogP contribution in [0.4, 0.5) is 0 Å². The largest absolute Gasteiger partial charge is 0.373 e. The summed E-state index contributed by atoms with van der Waals surface area (Å²) >= 11 is 18.0. The second-order valence-electron chi connectivity index (χ2n) is 8.48. The van der Waals surface area contributed by atoms with Gasteiger partial charge in [0.2, 0.25) is 5.91 Å². The summed E-state index contributed by atoms with van der Waals surface area (Å²) in [5, 5.41) is 12.2. The van der Waals surface area contributed by atoms with E-state index in [-0.39, 0.29) is 35.3 Å². The van der Waals surface area contributed by atoms with Crippen LogP contribution in [-0.4, -0.2) is 31.2 Å². The summed E-state index contributed by atoms with van der Waals surface area (Å²) < 4.78 is 32.8. The molecule has 10 heteroatoms. The molecule has 2 aromatic rings. The number of hydrogen-bond acceptors (Lipinski definition) is 5. The Morgan fingerprint density at radius 3 is 2.36 bits per heavy atom. The van der Waals surface area contributed by atoms with Crippen molar-refractivity contribution in [3.05, 3.63) is 63.1 Å². The summed E-state index contributed by atoms with van der Waals surface area (Å²) in [5.74, 6) is -1.08. The minimum atomic E-state index is -3.84. The number of nitrogens with zero attached hydrogens (tertiary/aromatic N) is 1. The maximum atomic E-state index is 13.4. The molecule has 2 aromatic carbocycles. The van der Waals surface area contributed by atoms with Gasteiger partial charge < -0.3 is 10.1 Å². The Kier molecular flexibility index (Phi) is 6.95. The second-order valence-corrected chi connectivity index (χ2v) is 12.0. The first-order valence-electron chi connectivity index (χ1n) is 10.4. The van der Waals surface area contributed by atoms with E-state index < -0.39 is 32.6 Å². The van der Waals surface area contributed by atoms with Crippen LogP contribution < -0.4 is 5.32 Å². The monoisotopic (exact) mass is 526 g/mol. The molecule has 0 aromatic heterocycles. The van der Waals surface area contributed by atoms with Crippen LogP contribution in [0.25, 0.3) is 0 Å². The number of nitrogens with one attached hydrogen (secondary N) is 1. The third-order valence-corrected chi connectivity index (χ3v) is 9.28. The lowest BCUT2D eigenvalue weighted by molar-refractivity contribution is -0.130. The Bertz CT molecular complexity index is 1210. The summed E-state index contributed by atoms with van der Waals surface area (Å²) in [5.41, 5.74) is -0.00449. The van der Waals surface area contributed by atoms with E-state index >= 15 is 0 Å². The lowest BCUT2D eigenvalue weighted by Gasteiger charge is -2.21. The van der Waals surface area contributed by atoms with Crippen molar-refractivity contribution in [2.45, 2.75) is 54.1 Å². The molecule has 0 spiro atoms. The van der Waals surface area contributed by atoms with Crippen molar-refractivity contribution in [3.8, 4) is 6.07 Å². The maximum Gasteiger partial charge on any atom is 0.227 e. The van der Waals surface area contributed by atoms with E-state index in [9.17, 15) is 18.5 Å². The van der Waals surface area contributed by atoms with Crippen LogP contribution in [0.15, 0.2) is 47.4 Å². The Labute approximate surface area is 207 Å². The SMILES string of the molecule is N#CC1(NC(=O)[C@@H]2C[C@@H](S(=O)(=O)c3ccc(Cl)cc3Cl)CC2OCc2ccc(Cl)cc2)CC1. The summed E-state index contributed by atoms with van der Waals surface area (Å²) in [6.07, 6.45) is 0.730. The van der Waals surface area contributed by atoms with Gasteiger partial charge in [0.25, 0.3) is 0 Å². The zero-order valence-corrected chi connectivity index (χ0v) is 20.5. The van der Waals surface area contributed by atoms with E-state index in [1.54, 1.807) is 12.1 Å². The Hall–Kier alpha value is -1.82. The van der Waals surface area contributed by atoms with Crippen molar-refractivity contribution in [1.29, 1.82) is 5.26 Å². The van der Waals surface area contributed by atoms with E-state index in [1.807, 2.05) is 12.1 Å². The highest BCUT2D eigenvalue weighted by Gasteiger charge is 2.50. The van der Waals surface area contributed by atoms with Gasteiger partial charge in [-0.05, 0) is 61.6 Å². The van der Waals surface area contributed by atoms with Crippen LogP contribution in [0.1, 0.15) is 31.2 Å². The Morgan fingerprint density at radius 2 is 1.76 bits per heavy atom. The minimum Gasteiger partial charge on any atom is -0.373 e. The Morgan fingerprint density at radius 1 is 1.09 bits per heavy atom. The molecule has 6 nitrogen and oxygen atoms in total. The van der Waals surface area contributed by atoms with Crippen molar-refractivity contribution in [2.75, 3.05) is 0 Å². The number of carbonyl (C=O) groups excluding carboxylic acids is 1.